The van der Waals surface area contributed by atoms with E-state index in [9.17, 15) is 0 Å². The third kappa shape index (κ3) is 2.51. The number of benzene rings is 1. The minimum atomic E-state index is 0.565. The van der Waals surface area contributed by atoms with E-state index in [0.717, 1.165) is 18.9 Å². The van der Waals surface area contributed by atoms with Crippen molar-refractivity contribution in [1.82, 2.24) is 15.0 Å². The summed E-state index contributed by atoms with van der Waals surface area (Å²) in [5.41, 5.74) is 8.18. The van der Waals surface area contributed by atoms with Crippen molar-refractivity contribution in [3.63, 3.8) is 0 Å². The highest BCUT2D eigenvalue weighted by Gasteiger charge is 2.09. The summed E-state index contributed by atoms with van der Waals surface area (Å²) in [5.74, 6) is 1.02. The summed E-state index contributed by atoms with van der Waals surface area (Å²) >= 11 is 0. The average molecular weight is 245 g/mol. The van der Waals surface area contributed by atoms with Crippen molar-refractivity contribution in [2.45, 2.75) is 26.6 Å². The lowest BCUT2D eigenvalue weighted by atomic mass is 10.1. The maximum absolute atomic E-state index is 5.75. The monoisotopic (exact) mass is 245 g/mol. The predicted molar refractivity (Wildman–Crippen MR) is 72.1 cm³/mol. The highest BCUT2D eigenvalue weighted by Crippen LogP contribution is 2.16. The van der Waals surface area contributed by atoms with Gasteiger partial charge in [-0.1, -0.05) is 29.5 Å². The standard InChI is InChI=1S/C13H19N5/c1-3-18-13(9-15-16-18)17(2)10-12-7-5-4-6-11(12)8-14/h4-7,9H,3,8,10,14H2,1-2H3. The van der Waals surface area contributed by atoms with Crippen molar-refractivity contribution in [3.8, 4) is 0 Å². The highest BCUT2D eigenvalue weighted by atomic mass is 15.5. The first-order valence-corrected chi connectivity index (χ1v) is 6.12. The summed E-state index contributed by atoms with van der Waals surface area (Å²) in [4.78, 5) is 2.14. The maximum atomic E-state index is 5.75. The fourth-order valence-corrected chi connectivity index (χ4v) is 2.02. The van der Waals surface area contributed by atoms with E-state index in [1.807, 2.05) is 23.9 Å². The normalized spacial score (nSPS) is 10.6. The Morgan fingerprint density at radius 1 is 1.28 bits per heavy atom. The molecule has 1 aromatic carbocycles. The van der Waals surface area contributed by atoms with Gasteiger partial charge in [0.05, 0.1) is 6.20 Å². The second kappa shape index (κ2) is 5.64. The molecule has 0 aliphatic rings. The predicted octanol–water partition coefficient (Wildman–Crippen LogP) is 1.39. The zero-order chi connectivity index (χ0) is 13.0. The zero-order valence-electron chi connectivity index (χ0n) is 10.9. The summed E-state index contributed by atoms with van der Waals surface area (Å²) in [6.45, 7) is 4.24. The maximum Gasteiger partial charge on any atom is 0.147 e. The van der Waals surface area contributed by atoms with Crippen LogP contribution in [-0.2, 0) is 19.6 Å². The molecular weight excluding hydrogens is 226 g/mol. The van der Waals surface area contributed by atoms with Crippen LogP contribution in [0.4, 0.5) is 5.82 Å². The Hall–Kier alpha value is -1.88. The van der Waals surface area contributed by atoms with Gasteiger partial charge in [0.15, 0.2) is 0 Å². The van der Waals surface area contributed by atoms with Gasteiger partial charge in [-0.2, -0.15) is 0 Å². The van der Waals surface area contributed by atoms with Gasteiger partial charge in [0, 0.05) is 26.7 Å². The van der Waals surface area contributed by atoms with Gasteiger partial charge in [-0.05, 0) is 18.1 Å². The molecule has 0 saturated carbocycles. The van der Waals surface area contributed by atoms with Gasteiger partial charge in [0.2, 0.25) is 0 Å². The number of aromatic nitrogens is 3. The number of rotatable bonds is 5. The quantitative estimate of drug-likeness (QED) is 0.865. The van der Waals surface area contributed by atoms with Gasteiger partial charge < -0.3 is 10.6 Å². The van der Waals surface area contributed by atoms with E-state index in [-0.39, 0.29) is 0 Å². The van der Waals surface area contributed by atoms with E-state index in [2.05, 4.69) is 34.3 Å². The van der Waals surface area contributed by atoms with Crippen LogP contribution in [0.5, 0.6) is 0 Å². The summed E-state index contributed by atoms with van der Waals surface area (Å²) < 4.78 is 1.88. The molecule has 5 heteroatoms. The Labute approximate surface area is 107 Å². The van der Waals surface area contributed by atoms with Crippen LogP contribution in [-0.4, -0.2) is 22.0 Å². The van der Waals surface area contributed by atoms with Crippen molar-refractivity contribution in [3.05, 3.63) is 41.6 Å². The summed E-state index contributed by atoms with van der Waals surface area (Å²) in [6.07, 6.45) is 1.79. The Balaban J connectivity index is 2.18. The van der Waals surface area contributed by atoms with Crippen LogP contribution in [0.25, 0.3) is 0 Å². The van der Waals surface area contributed by atoms with E-state index in [1.165, 1.54) is 11.1 Å². The second-order valence-corrected chi connectivity index (χ2v) is 4.24. The molecule has 0 saturated heterocycles. The first kappa shape index (κ1) is 12.6. The van der Waals surface area contributed by atoms with Crippen molar-refractivity contribution in [2.24, 2.45) is 5.73 Å². The molecule has 0 fully saturated rings. The highest BCUT2D eigenvalue weighted by molar-refractivity contribution is 5.38. The number of anilines is 1. The van der Waals surface area contributed by atoms with Gasteiger partial charge >= 0.3 is 0 Å². The van der Waals surface area contributed by atoms with Gasteiger partial charge in [0.1, 0.15) is 5.82 Å². The Morgan fingerprint density at radius 2 is 2.00 bits per heavy atom. The molecular formula is C13H19N5. The van der Waals surface area contributed by atoms with Gasteiger partial charge in [-0.15, -0.1) is 5.10 Å². The number of nitrogens with two attached hydrogens (primary N) is 1. The summed E-state index contributed by atoms with van der Waals surface area (Å²) in [7, 11) is 2.04. The van der Waals surface area contributed by atoms with Crippen LogP contribution in [0.2, 0.25) is 0 Å². The SMILES string of the molecule is CCn1nncc1N(C)Cc1ccccc1CN. The van der Waals surface area contributed by atoms with Gasteiger partial charge in [-0.25, -0.2) is 4.68 Å². The minimum Gasteiger partial charge on any atom is -0.354 e. The van der Waals surface area contributed by atoms with Crippen LogP contribution in [0.15, 0.2) is 30.5 Å². The molecule has 96 valence electrons. The van der Waals surface area contributed by atoms with E-state index in [1.54, 1.807) is 6.20 Å². The first-order valence-electron chi connectivity index (χ1n) is 6.12. The van der Waals surface area contributed by atoms with E-state index < -0.39 is 0 Å². The fraction of sp³-hybridized carbons (Fsp3) is 0.385. The number of aryl methyl sites for hydroxylation is 1. The zero-order valence-corrected chi connectivity index (χ0v) is 10.9. The fourth-order valence-electron chi connectivity index (χ4n) is 2.02. The Bertz CT molecular complexity index is 506. The number of nitrogens with zero attached hydrogens (tertiary/aromatic N) is 4. The first-order chi connectivity index (χ1) is 8.76. The molecule has 18 heavy (non-hydrogen) atoms. The molecule has 0 radical (unpaired) electrons. The third-order valence-electron chi connectivity index (χ3n) is 3.03. The number of hydrogen-bond donors (Lipinski definition) is 1. The lowest BCUT2D eigenvalue weighted by molar-refractivity contribution is 0.617. The van der Waals surface area contributed by atoms with Crippen LogP contribution < -0.4 is 10.6 Å². The molecule has 5 nitrogen and oxygen atoms in total. The molecule has 0 unspecified atom stereocenters. The minimum absolute atomic E-state index is 0.565. The average Bonchev–Trinajstić information content (AvgIpc) is 2.87. The Kier molecular flexibility index (Phi) is 3.94. The van der Waals surface area contributed by atoms with Gasteiger partial charge in [0.25, 0.3) is 0 Å². The molecule has 2 rings (SSSR count). The molecule has 2 aromatic rings. The third-order valence-corrected chi connectivity index (χ3v) is 3.03. The molecule has 1 heterocycles. The van der Waals surface area contributed by atoms with Crippen molar-refractivity contribution >= 4 is 5.82 Å². The summed E-state index contributed by atoms with van der Waals surface area (Å²) in [6, 6.07) is 8.23. The molecule has 0 spiro atoms. The van der Waals surface area contributed by atoms with Crippen molar-refractivity contribution < 1.29 is 0 Å². The van der Waals surface area contributed by atoms with Crippen molar-refractivity contribution in [2.75, 3.05) is 11.9 Å². The topological polar surface area (TPSA) is 60.0 Å². The van der Waals surface area contributed by atoms with Crippen LogP contribution in [0.3, 0.4) is 0 Å². The lowest BCUT2D eigenvalue weighted by Crippen LogP contribution is -2.21. The molecule has 0 amide bonds. The van der Waals surface area contributed by atoms with Crippen molar-refractivity contribution in [1.29, 1.82) is 0 Å². The molecule has 0 aliphatic carbocycles. The van der Waals surface area contributed by atoms with Crippen LogP contribution in [0.1, 0.15) is 18.1 Å². The largest absolute Gasteiger partial charge is 0.354 e. The molecule has 0 atom stereocenters. The van der Waals surface area contributed by atoms with E-state index in [4.69, 9.17) is 5.73 Å². The van der Waals surface area contributed by atoms with E-state index in [0.29, 0.717) is 6.54 Å². The molecule has 0 bridgehead atoms. The smallest absolute Gasteiger partial charge is 0.147 e. The van der Waals surface area contributed by atoms with E-state index >= 15 is 0 Å². The molecule has 1 aromatic heterocycles. The summed E-state index contributed by atoms with van der Waals surface area (Å²) in [5, 5.41) is 7.99. The van der Waals surface area contributed by atoms with Crippen LogP contribution >= 0.6 is 0 Å². The molecule has 2 N–H and O–H groups in total. The number of hydrogen-bond acceptors (Lipinski definition) is 4. The lowest BCUT2D eigenvalue weighted by Gasteiger charge is -2.20. The van der Waals surface area contributed by atoms with Crippen LogP contribution in [0, 0.1) is 0 Å². The second-order valence-electron chi connectivity index (χ2n) is 4.24. The van der Waals surface area contributed by atoms with Gasteiger partial charge in [-0.3, -0.25) is 0 Å². The molecule has 0 aliphatic heterocycles. The Morgan fingerprint density at radius 3 is 2.67 bits per heavy atom.